The monoisotopic (exact) mass is 471 g/mol. The zero-order valence-corrected chi connectivity index (χ0v) is 19.4. The van der Waals surface area contributed by atoms with E-state index in [1.54, 1.807) is 16.2 Å². The lowest BCUT2D eigenvalue weighted by Crippen LogP contribution is -2.46. The molecule has 1 saturated heterocycles. The highest BCUT2D eigenvalue weighted by molar-refractivity contribution is 5.71. The first-order chi connectivity index (χ1) is 16.3. The maximum atomic E-state index is 15.3. The van der Waals surface area contributed by atoms with Crippen molar-refractivity contribution in [2.45, 2.75) is 26.4 Å². The van der Waals surface area contributed by atoms with Crippen molar-refractivity contribution in [3.63, 3.8) is 0 Å². The van der Waals surface area contributed by atoms with E-state index in [-0.39, 0.29) is 22.6 Å². The lowest BCUT2D eigenvalue weighted by atomic mass is 10.0. The number of aromatic nitrogens is 2. The standard InChI is InChI=1S/C25H27F2N3O4/c1-5-33-16(3)17-11-19(26)23(20(27)12-17)24-21(30-7-6-15(2)10-22(30)28-24)13-18-14-29(8-9-34-18)25(31)32-4/h6-7,10-12,18H,3,5,8-9,13-14H2,1-2,4H3/t18-/m0/s1. The second-order valence-electron chi connectivity index (χ2n) is 8.12. The fraction of sp³-hybridized carbons (Fsp3) is 0.360. The largest absolute Gasteiger partial charge is 0.494 e. The number of carbonyl (C=O) groups excluding carboxylic acids is 1. The van der Waals surface area contributed by atoms with E-state index in [1.165, 1.54) is 19.2 Å². The van der Waals surface area contributed by atoms with Crippen LogP contribution in [0.4, 0.5) is 13.6 Å². The van der Waals surface area contributed by atoms with Crippen LogP contribution in [0.5, 0.6) is 0 Å². The smallest absolute Gasteiger partial charge is 0.409 e. The van der Waals surface area contributed by atoms with E-state index in [2.05, 4.69) is 11.6 Å². The topological polar surface area (TPSA) is 65.3 Å². The van der Waals surface area contributed by atoms with Crippen LogP contribution in [0.3, 0.4) is 0 Å². The van der Waals surface area contributed by atoms with Gasteiger partial charge in [-0.15, -0.1) is 0 Å². The molecular weight excluding hydrogens is 444 g/mol. The van der Waals surface area contributed by atoms with Crippen molar-refractivity contribution in [1.82, 2.24) is 14.3 Å². The van der Waals surface area contributed by atoms with Crippen molar-refractivity contribution in [2.24, 2.45) is 0 Å². The molecule has 0 spiro atoms. The third kappa shape index (κ3) is 4.61. The van der Waals surface area contributed by atoms with Crippen molar-refractivity contribution in [1.29, 1.82) is 0 Å². The molecule has 1 fully saturated rings. The number of hydrogen-bond donors (Lipinski definition) is 0. The molecule has 0 radical (unpaired) electrons. The summed E-state index contributed by atoms with van der Waals surface area (Å²) in [7, 11) is 1.33. The Kier molecular flexibility index (Phi) is 6.83. The number of pyridine rings is 1. The van der Waals surface area contributed by atoms with Gasteiger partial charge >= 0.3 is 6.09 Å². The van der Waals surface area contributed by atoms with Gasteiger partial charge in [-0.2, -0.15) is 0 Å². The van der Waals surface area contributed by atoms with Crippen molar-refractivity contribution in [2.75, 3.05) is 33.4 Å². The van der Waals surface area contributed by atoms with Crippen LogP contribution in [0.15, 0.2) is 37.0 Å². The van der Waals surface area contributed by atoms with Gasteiger partial charge in [-0.1, -0.05) is 6.58 Å². The molecule has 0 N–H and O–H groups in total. The van der Waals surface area contributed by atoms with Gasteiger partial charge in [-0.05, 0) is 43.7 Å². The van der Waals surface area contributed by atoms with Gasteiger partial charge in [0.1, 0.15) is 23.0 Å². The number of benzene rings is 1. The number of fused-ring (bicyclic) bond motifs is 1. The van der Waals surface area contributed by atoms with Gasteiger partial charge in [0.05, 0.1) is 49.9 Å². The maximum absolute atomic E-state index is 15.3. The minimum atomic E-state index is -0.766. The summed E-state index contributed by atoms with van der Waals surface area (Å²) >= 11 is 0. The van der Waals surface area contributed by atoms with Gasteiger partial charge < -0.3 is 23.5 Å². The number of imidazole rings is 1. The average Bonchev–Trinajstić information content (AvgIpc) is 3.15. The van der Waals surface area contributed by atoms with Crippen molar-refractivity contribution >= 4 is 17.5 Å². The van der Waals surface area contributed by atoms with Gasteiger partial charge in [-0.25, -0.2) is 18.6 Å². The first-order valence-electron chi connectivity index (χ1n) is 11.1. The minimum Gasteiger partial charge on any atom is -0.494 e. The molecule has 1 amide bonds. The highest BCUT2D eigenvalue weighted by Gasteiger charge is 2.29. The number of aryl methyl sites for hydroxylation is 1. The van der Waals surface area contributed by atoms with Crippen LogP contribution in [-0.2, 0) is 20.6 Å². The number of methoxy groups -OCH3 is 1. The molecule has 3 heterocycles. The number of rotatable bonds is 6. The highest BCUT2D eigenvalue weighted by Crippen LogP contribution is 2.33. The summed E-state index contributed by atoms with van der Waals surface area (Å²) in [6.07, 6.45) is 1.28. The van der Waals surface area contributed by atoms with Crippen molar-refractivity contribution in [3.05, 3.63) is 65.5 Å². The first kappa shape index (κ1) is 23.7. The Balaban J connectivity index is 1.77. The van der Waals surface area contributed by atoms with Crippen molar-refractivity contribution < 1.29 is 27.8 Å². The Morgan fingerprint density at radius 3 is 2.71 bits per heavy atom. The predicted octanol–water partition coefficient (Wildman–Crippen LogP) is 4.60. The number of amides is 1. The second kappa shape index (κ2) is 9.80. The normalized spacial score (nSPS) is 16.0. The van der Waals surface area contributed by atoms with E-state index in [1.807, 2.05) is 25.3 Å². The second-order valence-corrected chi connectivity index (χ2v) is 8.12. The molecule has 1 aliphatic rings. The number of nitrogens with zero attached hydrogens (tertiary/aromatic N) is 3. The Morgan fingerprint density at radius 2 is 2.03 bits per heavy atom. The number of halogens is 2. The number of ether oxygens (including phenoxy) is 3. The Hall–Kier alpha value is -3.46. The lowest BCUT2D eigenvalue weighted by molar-refractivity contribution is -0.0241. The molecule has 0 saturated carbocycles. The molecule has 1 atom stereocenters. The molecule has 180 valence electrons. The zero-order chi connectivity index (χ0) is 24.4. The fourth-order valence-electron chi connectivity index (χ4n) is 4.16. The van der Waals surface area contributed by atoms with E-state index in [0.29, 0.717) is 44.1 Å². The van der Waals surface area contributed by atoms with Gasteiger partial charge in [0.2, 0.25) is 0 Å². The summed E-state index contributed by atoms with van der Waals surface area (Å²) in [6.45, 7) is 8.80. The maximum Gasteiger partial charge on any atom is 0.409 e. The minimum absolute atomic E-state index is 0.188. The molecule has 0 aliphatic carbocycles. The van der Waals surface area contributed by atoms with Crippen LogP contribution in [0.25, 0.3) is 22.7 Å². The summed E-state index contributed by atoms with van der Waals surface area (Å²) in [5, 5.41) is 0. The molecule has 9 heteroatoms. The lowest BCUT2D eigenvalue weighted by Gasteiger charge is -2.32. The Labute approximate surface area is 196 Å². The van der Waals surface area contributed by atoms with Crippen LogP contribution in [0.2, 0.25) is 0 Å². The van der Waals surface area contributed by atoms with E-state index in [4.69, 9.17) is 14.2 Å². The molecule has 7 nitrogen and oxygen atoms in total. The predicted molar refractivity (Wildman–Crippen MR) is 123 cm³/mol. The molecule has 34 heavy (non-hydrogen) atoms. The molecule has 2 aromatic heterocycles. The summed E-state index contributed by atoms with van der Waals surface area (Å²) in [5.74, 6) is -1.34. The molecular formula is C25H27F2N3O4. The third-order valence-corrected chi connectivity index (χ3v) is 5.79. The molecule has 3 aromatic rings. The van der Waals surface area contributed by atoms with E-state index >= 15 is 8.78 Å². The SMILES string of the molecule is C=C(OCC)c1cc(F)c(-c2nc3cc(C)ccn3c2C[C@H]2CN(C(=O)OC)CCO2)c(F)c1. The molecule has 0 bridgehead atoms. The summed E-state index contributed by atoms with van der Waals surface area (Å²) in [4.78, 5) is 18.1. The average molecular weight is 472 g/mol. The number of morpholine rings is 1. The van der Waals surface area contributed by atoms with Gasteiger partial charge in [0.15, 0.2) is 0 Å². The fourth-order valence-corrected chi connectivity index (χ4v) is 4.16. The van der Waals surface area contributed by atoms with Gasteiger partial charge in [0, 0.05) is 24.7 Å². The van der Waals surface area contributed by atoms with E-state index in [9.17, 15) is 4.79 Å². The molecule has 4 rings (SSSR count). The third-order valence-electron chi connectivity index (χ3n) is 5.79. The molecule has 1 aliphatic heterocycles. The summed E-state index contributed by atoms with van der Waals surface area (Å²) < 4.78 is 48.4. The van der Waals surface area contributed by atoms with Crippen molar-refractivity contribution in [3.8, 4) is 11.3 Å². The Morgan fingerprint density at radius 1 is 1.29 bits per heavy atom. The van der Waals surface area contributed by atoms with Gasteiger partial charge in [-0.3, -0.25) is 0 Å². The number of carbonyl (C=O) groups is 1. The van der Waals surface area contributed by atoms with E-state index < -0.39 is 23.8 Å². The van der Waals surface area contributed by atoms with Gasteiger partial charge in [0.25, 0.3) is 0 Å². The molecule has 0 unspecified atom stereocenters. The quantitative estimate of drug-likeness (QED) is 0.492. The van der Waals surface area contributed by atoms with Crippen LogP contribution in [0, 0.1) is 18.6 Å². The number of hydrogen-bond acceptors (Lipinski definition) is 5. The Bertz CT molecular complexity index is 1220. The van der Waals surface area contributed by atoms with Crippen LogP contribution >= 0.6 is 0 Å². The van der Waals surface area contributed by atoms with Crippen LogP contribution in [-0.4, -0.2) is 59.9 Å². The summed E-state index contributed by atoms with van der Waals surface area (Å²) in [6, 6.07) is 6.14. The zero-order valence-electron chi connectivity index (χ0n) is 19.4. The molecule has 1 aromatic carbocycles. The highest BCUT2D eigenvalue weighted by atomic mass is 19.1. The van der Waals surface area contributed by atoms with E-state index in [0.717, 1.165) is 5.56 Å². The summed E-state index contributed by atoms with van der Waals surface area (Å²) in [5.41, 5.74) is 2.29. The van der Waals surface area contributed by atoms with Crippen LogP contribution < -0.4 is 0 Å². The van der Waals surface area contributed by atoms with Crippen LogP contribution in [0.1, 0.15) is 23.7 Å². The first-order valence-corrected chi connectivity index (χ1v) is 11.1.